The minimum Gasteiger partial charge on any atom is -0.508 e. The minimum absolute atomic E-state index is 0.110. The van der Waals surface area contributed by atoms with E-state index in [0.717, 1.165) is 5.56 Å². The first kappa shape index (κ1) is 15.8. The van der Waals surface area contributed by atoms with Crippen molar-refractivity contribution in [2.75, 3.05) is 6.54 Å². The molecule has 1 amide bonds. The molecule has 1 fully saturated rings. The van der Waals surface area contributed by atoms with Crippen LogP contribution in [0.3, 0.4) is 0 Å². The first-order chi connectivity index (χ1) is 9.66. The lowest BCUT2D eigenvalue weighted by Gasteiger charge is -2.13. The van der Waals surface area contributed by atoms with E-state index in [1.807, 2.05) is 0 Å². The molecule has 1 aromatic carbocycles. The average molecular weight is 290 g/mol. The van der Waals surface area contributed by atoms with Crippen LogP contribution in [0.5, 0.6) is 5.75 Å². The third-order valence-electron chi connectivity index (χ3n) is 5.53. The molecule has 0 spiro atoms. The molecule has 0 aromatic heterocycles. The van der Waals surface area contributed by atoms with Crippen LogP contribution in [-0.4, -0.2) is 23.6 Å². The lowest BCUT2D eigenvalue weighted by Crippen LogP contribution is -2.43. The highest BCUT2D eigenvalue weighted by Gasteiger charge is 2.64. The van der Waals surface area contributed by atoms with Crippen LogP contribution >= 0.6 is 0 Å². The number of benzene rings is 1. The lowest BCUT2D eigenvalue weighted by molar-refractivity contribution is -0.122. The molecule has 0 bridgehead atoms. The largest absolute Gasteiger partial charge is 0.508 e. The highest BCUT2D eigenvalue weighted by Crippen LogP contribution is 2.67. The lowest BCUT2D eigenvalue weighted by atomic mass is 10.0. The Morgan fingerprint density at radius 3 is 2.24 bits per heavy atom. The van der Waals surface area contributed by atoms with Crippen molar-refractivity contribution in [1.29, 1.82) is 0 Å². The Hall–Kier alpha value is -1.55. The summed E-state index contributed by atoms with van der Waals surface area (Å²) in [6.07, 6.45) is 0.476. The van der Waals surface area contributed by atoms with Crippen molar-refractivity contribution < 1.29 is 9.90 Å². The maximum atomic E-state index is 12.1. The molecule has 0 heterocycles. The molecule has 4 heteroatoms. The zero-order chi connectivity index (χ0) is 15.8. The standard InChI is InChI=1S/C17H26N2O2/c1-16(2)14(17(16,3)4)10-19-15(21)13(18)9-11-5-7-12(20)8-6-11/h5-8,13-14,20H,9-10,18H2,1-4H3,(H,19,21). The highest BCUT2D eigenvalue weighted by atomic mass is 16.3. The molecule has 0 saturated heterocycles. The molecular formula is C17H26N2O2. The first-order valence-electron chi connectivity index (χ1n) is 7.47. The fourth-order valence-corrected chi connectivity index (χ4v) is 3.16. The first-order valence-corrected chi connectivity index (χ1v) is 7.47. The van der Waals surface area contributed by atoms with E-state index in [-0.39, 0.29) is 22.5 Å². The van der Waals surface area contributed by atoms with Crippen molar-refractivity contribution >= 4 is 5.91 Å². The number of carbonyl (C=O) groups is 1. The van der Waals surface area contributed by atoms with Gasteiger partial charge in [0.2, 0.25) is 5.91 Å². The monoisotopic (exact) mass is 290 g/mol. The van der Waals surface area contributed by atoms with Gasteiger partial charge in [0.25, 0.3) is 0 Å². The maximum absolute atomic E-state index is 12.1. The summed E-state index contributed by atoms with van der Waals surface area (Å²) in [5.41, 5.74) is 7.43. The van der Waals surface area contributed by atoms with Crippen LogP contribution in [0.2, 0.25) is 0 Å². The molecule has 0 aliphatic heterocycles. The van der Waals surface area contributed by atoms with Crippen LogP contribution in [-0.2, 0) is 11.2 Å². The van der Waals surface area contributed by atoms with Gasteiger partial charge in [-0.3, -0.25) is 4.79 Å². The van der Waals surface area contributed by atoms with Gasteiger partial charge >= 0.3 is 0 Å². The summed E-state index contributed by atoms with van der Waals surface area (Å²) in [4.78, 5) is 12.1. The summed E-state index contributed by atoms with van der Waals surface area (Å²) in [6, 6.07) is 6.23. The minimum atomic E-state index is -0.556. The molecule has 1 aliphatic rings. The Labute approximate surface area is 126 Å². The van der Waals surface area contributed by atoms with Gasteiger partial charge in [-0.25, -0.2) is 0 Å². The van der Waals surface area contributed by atoms with E-state index in [1.165, 1.54) is 0 Å². The fourth-order valence-electron chi connectivity index (χ4n) is 3.16. The summed E-state index contributed by atoms with van der Waals surface area (Å²) in [7, 11) is 0. The van der Waals surface area contributed by atoms with Gasteiger partial charge < -0.3 is 16.2 Å². The number of phenolic OH excluding ortho intramolecular Hbond substituents is 1. The van der Waals surface area contributed by atoms with E-state index in [9.17, 15) is 9.90 Å². The molecule has 1 aliphatic carbocycles. The predicted molar refractivity (Wildman–Crippen MR) is 83.8 cm³/mol. The van der Waals surface area contributed by atoms with Crippen molar-refractivity contribution in [2.45, 2.75) is 40.2 Å². The number of nitrogens with two attached hydrogens (primary N) is 1. The van der Waals surface area contributed by atoms with Gasteiger partial charge in [0, 0.05) is 6.54 Å². The maximum Gasteiger partial charge on any atom is 0.237 e. The van der Waals surface area contributed by atoms with E-state index < -0.39 is 6.04 Å². The SMILES string of the molecule is CC1(C)C(CNC(=O)C(N)Cc2ccc(O)cc2)C1(C)C. The van der Waals surface area contributed by atoms with E-state index in [4.69, 9.17) is 5.73 Å². The Morgan fingerprint density at radius 1 is 1.24 bits per heavy atom. The summed E-state index contributed by atoms with van der Waals surface area (Å²) < 4.78 is 0. The fraction of sp³-hybridized carbons (Fsp3) is 0.588. The zero-order valence-electron chi connectivity index (χ0n) is 13.3. The molecule has 1 saturated carbocycles. The van der Waals surface area contributed by atoms with Crippen molar-refractivity contribution in [3.8, 4) is 5.75 Å². The number of nitrogens with one attached hydrogen (secondary N) is 1. The quantitative estimate of drug-likeness (QED) is 0.777. The molecule has 2 rings (SSSR count). The molecule has 1 aromatic rings. The zero-order valence-corrected chi connectivity index (χ0v) is 13.3. The third-order valence-corrected chi connectivity index (χ3v) is 5.53. The number of rotatable bonds is 5. The van der Waals surface area contributed by atoms with Gasteiger partial charge in [0.15, 0.2) is 0 Å². The van der Waals surface area contributed by atoms with Crippen molar-refractivity contribution in [3.63, 3.8) is 0 Å². The predicted octanol–water partition coefficient (Wildman–Crippen LogP) is 2.06. The van der Waals surface area contributed by atoms with Gasteiger partial charge in [0.1, 0.15) is 5.75 Å². The Morgan fingerprint density at radius 2 is 1.76 bits per heavy atom. The van der Waals surface area contributed by atoms with E-state index in [1.54, 1.807) is 24.3 Å². The van der Waals surface area contributed by atoms with Crippen LogP contribution in [0.1, 0.15) is 33.3 Å². The summed E-state index contributed by atoms with van der Waals surface area (Å²) in [6.45, 7) is 9.63. The second-order valence-corrected chi connectivity index (χ2v) is 7.22. The van der Waals surface area contributed by atoms with Crippen LogP contribution in [0.4, 0.5) is 0 Å². The van der Waals surface area contributed by atoms with Crippen molar-refractivity contribution in [1.82, 2.24) is 5.32 Å². The van der Waals surface area contributed by atoms with E-state index in [0.29, 0.717) is 18.9 Å². The summed E-state index contributed by atoms with van der Waals surface area (Å²) in [5.74, 6) is 0.603. The van der Waals surface area contributed by atoms with Crippen LogP contribution in [0.25, 0.3) is 0 Å². The molecule has 0 radical (unpaired) electrons. The molecule has 4 nitrogen and oxygen atoms in total. The molecule has 21 heavy (non-hydrogen) atoms. The average Bonchev–Trinajstić information content (AvgIpc) is 2.79. The van der Waals surface area contributed by atoms with Gasteiger partial charge in [-0.1, -0.05) is 39.8 Å². The van der Waals surface area contributed by atoms with E-state index >= 15 is 0 Å². The van der Waals surface area contributed by atoms with Gasteiger partial charge in [-0.05, 0) is 40.9 Å². The highest BCUT2D eigenvalue weighted by molar-refractivity contribution is 5.81. The van der Waals surface area contributed by atoms with Crippen LogP contribution in [0.15, 0.2) is 24.3 Å². The van der Waals surface area contributed by atoms with Gasteiger partial charge in [-0.2, -0.15) is 0 Å². The second-order valence-electron chi connectivity index (χ2n) is 7.22. The van der Waals surface area contributed by atoms with Crippen LogP contribution < -0.4 is 11.1 Å². The van der Waals surface area contributed by atoms with Gasteiger partial charge in [-0.15, -0.1) is 0 Å². The Balaban J connectivity index is 1.82. The summed E-state index contributed by atoms with van der Waals surface area (Å²) in [5, 5.41) is 12.2. The van der Waals surface area contributed by atoms with E-state index in [2.05, 4.69) is 33.0 Å². The summed E-state index contributed by atoms with van der Waals surface area (Å²) >= 11 is 0. The number of hydrogen-bond donors (Lipinski definition) is 3. The number of amides is 1. The molecule has 1 atom stereocenters. The van der Waals surface area contributed by atoms with Crippen LogP contribution in [0, 0.1) is 16.7 Å². The molecule has 116 valence electrons. The topological polar surface area (TPSA) is 75.4 Å². The Kier molecular flexibility index (Phi) is 4.02. The molecule has 1 unspecified atom stereocenters. The molecular weight excluding hydrogens is 264 g/mol. The molecule has 4 N–H and O–H groups in total. The normalized spacial score (nSPS) is 20.8. The number of carbonyl (C=O) groups excluding carboxylic acids is 1. The van der Waals surface area contributed by atoms with Gasteiger partial charge in [0.05, 0.1) is 6.04 Å². The number of aromatic hydroxyl groups is 1. The second kappa shape index (κ2) is 5.34. The Bertz CT molecular complexity index is 506. The van der Waals surface area contributed by atoms with Crippen molar-refractivity contribution in [2.24, 2.45) is 22.5 Å². The smallest absolute Gasteiger partial charge is 0.237 e. The third kappa shape index (κ3) is 3.05. The number of hydrogen-bond acceptors (Lipinski definition) is 3. The van der Waals surface area contributed by atoms with Crippen molar-refractivity contribution in [3.05, 3.63) is 29.8 Å². The number of phenols is 1.